The average molecular weight is 349 g/mol. The highest BCUT2D eigenvalue weighted by molar-refractivity contribution is 5.94. The summed E-state index contributed by atoms with van der Waals surface area (Å²) in [5.41, 5.74) is 3.93. The van der Waals surface area contributed by atoms with Gasteiger partial charge >= 0.3 is 0 Å². The van der Waals surface area contributed by atoms with Crippen molar-refractivity contribution >= 4 is 5.91 Å². The molecule has 4 nitrogen and oxygen atoms in total. The number of furan rings is 1. The molecule has 0 spiro atoms. The summed E-state index contributed by atoms with van der Waals surface area (Å²) >= 11 is 0. The van der Waals surface area contributed by atoms with Gasteiger partial charge in [-0.15, -0.1) is 0 Å². The molecule has 134 valence electrons. The van der Waals surface area contributed by atoms with Crippen molar-refractivity contribution in [2.24, 2.45) is 0 Å². The van der Waals surface area contributed by atoms with Crippen LogP contribution in [0, 0.1) is 6.92 Å². The van der Waals surface area contributed by atoms with E-state index in [1.807, 2.05) is 53.4 Å². The van der Waals surface area contributed by atoms with Crippen molar-refractivity contribution in [1.82, 2.24) is 4.90 Å². The summed E-state index contributed by atoms with van der Waals surface area (Å²) in [7, 11) is 1.65. The molecule has 0 aliphatic heterocycles. The Balaban J connectivity index is 1.79. The van der Waals surface area contributed by atoms with Gasteiger partial charge in [-0.25, -0.2) is 0 Å². The van der Waals surface area contributed by atoms with Gasteiger partial charge in [0.1, 0.15) is 5.76 Å². The molecule has 1 aromatic heterocycles. The zero-order valence-corrected chi connectivity index (χ0v) is 15.1. The lowest BCUT2D eigenvalue weighted by Crippen LogP contribution is -2.33. The second-order valence-corrected chi connectivity index (χ2v) is 6.20. The van der Waals surface area contributed by atoms with Gasteiger partial charge in [-0.1, -0.05) is 36.4 Å². The Kier molecular flexibility index (Phi) is 5.87. The van der Waals surface area contributed by atoms with E-state index in [0.29, 0.717) is 25.3 Å². The minimum absolute atomic E-state index is 0.00343. The number of amides is 1. The van der Waals surface area contributed by atoms with Crippen LogP contribution in [-0.4, -0.2) is 31.1 Å². The minimum Gasteiger partial charge on any atom is -0.464 e. The molecule has 1 heterocycles. The standard InChI is InChI=1S/C22H23NO3/c1-17-6-3-4-7-20(17)16-23(13-15-25-2)22(24)19-11-9-18(10-12-19)21-8-5-14-26-21/h3-12,14H,13,15-16H2,1-2H3. The van der Waals surface area contributed by atoms with Crippen molar-refractivity contribution < 1.29 is 13.9 Å². The molecule has 0 atom stereocenters. The molecular weight excluding hydrogens is 326 g/mol. The maximum absolute atomic E-state index is 13.0. The summed E-state index contributed by atoms with van der Waals surface area (Å²) in [6.07, 6.45) is 1.64. The molecular formula is C22H23NO3. The predicted octanol–water partition coefficient (Wildman–Crippen LogP) is 4.54. The van der Waals surface area contributed by atoms with Crippen molar-refractivity contribution in [1.29, 1.82) is 0 Å². The van der Waals surface area contributed by atoms with Gasteiger partial charge in [0.25, 0.3) is 5.91 Å². The van der Waals surface area contributed by atoms with Crippen molar-refractivity contribution in [2.75, 3.05) is 20.3 Å². The van der Waals surface area contributed by atoms with E-state index in [-0.39, 0.29) is 5.91 Å². The fourth-order valence-corrected chi connectivity index (χ4v) is 2.85. The molecule has 0 saturated carbocycles. The number of methoxy groups -OCH3 is 1. The first kappa shape index (κ1) is 18.0. The Morgan fingerprint density at radius 2 is 1.81 bits per heavy atom. The van der Waals surface area contributed by atoms with E-state index in [2.05, 4.69) is 19.1 Å². The van der Waals surface area contributed by atoms with E-state index in [4.69, 9.17) is 9.15 Å². The number of carbonyl (C=O) groups excluding carboxylic acids is 1. The van der Waals surface area contributed by atoms with Gasteiger partial charge in [-0.05, 0) is 42.3 Å². The number of ether oxygens (including phenoxy) is 1. The SMILES string of the molecule is COCCN(Cc1ccccc1C)C(=O)c1ccc(-c2ccco2)cc1. The third-order valence-electron chi connectivity index (χ3n) is 4.41. The summed E-state index contributed by atoms with van der Waals surface area (Å²) < 4.78 is 10.6. The molecule has 0 radical (unpaired) electrons. The first-order chi connectivity index (χ1) is 12.7. The highest BCUT2D eigenvalue weighted by Crippen LogP contribution is 2.21. The molecule has 0 unspecified atom stereocenters. The van der Waals surface area contributed by atoms with Gasteiger partial charge in [-0.3, -0.25) is 4.79 Å². The molecule has 0 aliphatic carbocycles. The predicted molar refractivity (Wildman–Crippen MR) is 102 cm³/mol. The van der Waals surface area contributed by atoms with Crippen LogP contribution >= 0.6 is 0 Å². The van der Waals surface area contributed by atoms with Crippen LogP contribution in [0.15, 0.2) is 71.3 Å². The number of rotatable bonds is 7. The smallest absolute Gasteiger partial charge is 0.254 e. The highest BCUT2D eigenvalue weighted by Gasteiger charge is 2.17. The van der Waals surface area contributed by atoms with Gasteiger partial charge in [0.2, 0.25) is 0 Å². The van der Waals surface area contributed by atoms with Crippen LogP contribution in [0.25, 0.3) is 11.3 Å². The number of benzene rings is 2. The van der Waals surface area contributed by atoms with E-state index in [1.54, 1.807) is 13.4 Å². The Hall–Kier alpha value is -2.85. The molecule has 3 rings (SSSR count). The largest absolute Gasteiger partial charge is 0.464 e. The fraction of sp³-hybridized carbons (Fsp3) is 0.227. The molecule has 0 saturated heterocycles. The van der Waals surface area contributed by atoms with Crippen LogP contribution in [0.2, 0.25) is 0 Å². The van der Waals surface area contributed by atoms with Gasteiger partial charge < -0.3 is 14.1 Å². The molecule has 0 N–H and O–H groups in total. The van der Waals surface area contributed by atoms with E-state index in [0.717, 1.165) is 16.9 Å². The summed E-state index contributed by atoms with van der Waals surface area (Å²) in [5.74, 6) is 0.788. The van der Waals surface area contributed by atoms with Crippen LogP contribution in [0.1, 0.15) is 21.5 Å². The number of hydrogen-bond acceptors (Lipinski definition) is 3. The molecule has 1 amide bonds. The van der Waals surface area contributed by atoms with Gasteiger partial charge in [0, 0.05) is 31.3 Å². The Bertz CT molecular complexity index is 838. The second kappa shape index (κ2) is 8.50. The normalized spacial score (nSPS) is 10.7. The van der Waals surface area contributed by atoms with E-state index >= 15 is 0 Å². The Morgan fingerprint density at radius 1 is 1.04 bits per heavy atom. The summed E-state index contributed by atoms with van der Waals surface area (Å²) in [6.45, 7) is 3.67. The zero-order chi connectivity index (χ0) is 18.4. The topological polar surface area (TPSA) is 42.7 Å². The molecule has 0 bridgehead atoms. The average Bonchev–Trinajstić information content (AvgIpc) is 3.21. The lowest BCUT2D eigenvalue weighted by atomic mass is 10.1. The first-order valence-corrected chi connectivity index (χ1v) is 8.65. The molecule has 0 aliphatic rings. The van der Waals surface area contributed by atoms with E-state index in [9.17, 15) is 4.79 Å². The maximum Gasteiger partial charge on any atom is 0.254 e. The van der Waals surface area contributed by atoms with Crippen LogP contribution in [0.5, 0.6) is 0 Å². The number of carbonyl (C=O) groups is 1. The lowest BCUT2D eigenvalue weighted by Gasteiger charge is -2.23. The van der Waals surface area contributed by atoms with E-state index in [1.165, 1.54) is 5.56 Å². The lowest BCUT2D eigenvalue weighted by molar-refractivity contribution is 0.0680. The van der Waals surface area contributed by atoms with Crippen LogP contribution < -0.4 is 0 Å². The van der Waals surface area contributed by atoms with Gasteiger partial charge in [-0.2, -0.15) is 0 Å². The monoisotopic (exact) mass is 349 g/mol. The number of nitrogens with zero attached hydrogens (tertiary/aromatic N) is 1. The molecule has 3 aromatic rings. The number of hydrogen-bond donors (Lipinski definition) is 0. The van der Waals surface area contributed by atoms with E-state index < -0.39 is 0 Å². The van der Waals surface area contributed by atoms with Gasteiger partial charge in [0.15, 0.2) is 0 Å². The summed E-state index contributed by atoms with van der Waals surface area (Å²) in [5, 5.41) is 0. The number of aryl methyl sites for hydroxylation is 1. The third kappa shape index (κ3) is 4.21. The van der Waals surface area contributed by atoms with Crippen LogP contribution in [0.4, 0.5) is 0 Å². The Labute approximate surface area is 154 Å². The molecule has 4 heteroatoms. The Morgan fingerprint density at radius 3 is 2.46 bits per heavy atom. The van der Waals surface area contributed by atoms with Crippen molar-refractivity contribution in [3.8, 4) is 11.3 Å². The first-order valence-electron chi connectivity index (χ1n) is 8.65. The van der Waals surface area contributed by atoms with Crippen molar-refractivity contribution in [3.63, 3.8) is 0 Å². The minimum atomic E-state index is -0.00343. The van der Waals surface area contributed by atoms with Gasteiger partial charge in [0.05, 0.1) is 12.9 Å². The second-order valence-electron chi connectivity index (χ2n) is 6.20. The molecule has 26 heavy (non-hydrogen) atoms. The van der Waals surface area contributed by atoms with Crippen LogP contribution in [-0.2, 0) is 11.3 Å². The van der Waals surface area contributed by atoms with Crippen LogP contribution in [0.3, 0.4) is 0 Å². The van der Waals surface area contributed by atoms with Crippen molar-refractivity contribution in [2.45, 2.75) is 13.5 Å². The summed E-state index contributed by atoms with van der Waals surface area (Å²) in [4.78, 5) is 14.8. The maximum atomic E-state index is 13.0. The summed E-state index contributed by atoms with van der Waals surface area (Å²) in [6, 6.07) is 19.4. The molecule has 0 fully saturated rings. The quantitative estimate of drug-likeness (QED) is 0.629. The van der Waals surface area contributed by atoms with Crippen molar-refractivity contribution in [3.05, 3.63) is 83.6 Å². The third-order valence-corrected chi connectivity index (χ3v) is 4.41. The fourth-order valence-electron chi connectivity index (χ4n) is 2.85. The zero-order valence-electron chi connectivity index (χ0n) is 15.1. The molecule has 2 aromatic carbocycles. The highest BCUT2D eigenvalue weighted by atomic mass is 16.5.